The van der Waals surface area contributed by atoms with Crippen molar-refractivity contribution < 1.29 is 0 Å². The number of halogens is 1. The molecule has 0 rings (SSSR count). The van der Waals surface area contributed by atoms with Crippen LogP contribution >= 0.6 is 11.6 Å². The van der Waals surface area contributed by atoms with E-state index in [4.69, 9.17) is 11.6 Å². The summed E-state index contributed by atoms with van der Waals surface area (Å²) in [5.41, 5.74) is 1.01. The molecule has 0 aromatic heterocycles. The van der Waals surface area contributed by atoms with Crippen LogP contribution in [0, 0.1) is 5.92 Å². The Balaban J connectivity index is 3.62. The maximum Gasteiger partial charge on any atom is 0.0289 e. The van der Waals surface area contributed by atoms with Gasteiger partial charge in [0.2, 0.25) is 0 Å². The van der Waals surface area contributed by atoms with Gasteiger partial charge in [0.25, 0.3) is 0 Å². The van der Waals surface area contributed by atoms with Gasteiger partial charge in [-0.15, -0.1) is 11.6 Å². The van der Waals surface area contributed by atoms with Crippen molar-refractivity contribution in [3.05, 3.63) is 24.8 Å². The number of hydrogen-bond acceptors (Lipinski definition) is 0. The van der Waals surface area contributed by atoms with Gasteiger partial charge in [0, 0.05) is 5.88 Å². The molecule has 0 saturated carbocycles. The summed E-state index contributed by atoms with van der Waals surface area (Å²) in [7, 11) is 0. The van der Waals surface area contributed by atoms with Gasteiger partial charge in [0.1, 0.15) is 0 Å². The van der Waals surface area contributed by atoms with Crippen molar-refractivity contribution in [1.82, 2.24) is 0 Å². The highest BCUT2D eigenvalue weighted by Crippen LogP contribution is 2.09. The maximum absolute atomic E-state index is 5.52. The second kappa shape index (κ2) is 3.73. The Labute approximate surface area is 55.9 Å². The van der Waals surface area contributed by atoms with Crippen LogP contribution in [0.25, 0.3) is 0 Å². The molecule has 0 saturated heterocycles. The van der Waals surface area contributed by atoms with Crippen molar-refractivity contribution in [3.63, 3.8) is 0 Å². The molecule has 0 aliphatic rings. The van der Waals surface area contributed by atoms with Crippen LogP contribution in [0.5, 0.6) is 0 Å². The highest BCUT2D eigenvalue weighted by molar-refractivity contribution is 6.18. The summed E-state index contributed by atoms with van der Waals surface area (Å²) >= 11 is 5.52. The normalized spacial score (nSPS) is 12.8. The standard InChI is InChI=1S/C7H11Cl/c1-4-6(2)7(3)5-8/h4,7H,1-2,5H2,3H3. The van der Waals surface area contributed by atoms with Crippen molar-refractivity contribution in [1.29, 1.82) is 0 Å². The van der Waals surface area contributed by atoms with Crippen molar-refractivity contribution in [3.8, 4) is 0 Å². The van der Waals surface area contributed by atoms with Gasteiger partial charge in [-0.25, -0.2) is 0 Å². The average Bonchev–Trinajstić information content (AvgIpc) is 1.84. The zero-order valence-corrected chi connectivity index (χ0v) is 5.91. The van der Waals surface area contributed by atoms with Crippen LogP contribution in [0.1, 0.15) is 6.92 Å². The molecule has 0 heterocycles. The molecule has 0 N–H and O–H groups in total. The van der Waals surface area contributed by atoms with E-state index in [9.17, 15) is 0 Å². The number of rotatable bonds is 3. The molecule has 46 valence electrons. The van der Waals surface area contributed by atoms with Crippen LogP contribution in [-0.2, 0) is 0 Å². The molecule has 8 heavy (non-hydrogen) atoms. The molecule has 0 radical (unpaired) electrons. The van der Waals surface area contributed by atoms with Gasteiger partial charge in [0.05, 0.1) is 0 Å². The van der Waals surface area contributed by atoms with Crippen molar-refractivity contribution in [2.24, 2.45) is 5.92 Å². The molecule has 1 heteroatoms. The molecular formula is C7H11Cl. The van der Waals surface area contributed by atoms with E-state index in [1.54, 1.807) is 6.08 Å². The predicted molar refractivity (Wildman–Crippen MR) is 39.2 cm³/mol. The Kier molecular flexibility index (Phi) is 3.63. The second-order valence-corrected chi connectivity index (χ2v) is 2.14. The molecule has 0 amide bonds. The molecular weight excluding hydrogens is 120 g/mol. The number of allylic oxidation sites excluding steroid dienone is 2. The Morgan fingerprint density at radius 3 is 2.50 bits per heavy atom. The molecule has 1 unspecified atom stereocenters. The minimum Gasteiger partial charge on any atom is -0.126 e. The lowest BCUT2D eigenvalue weighted by Gasteiger charge is -2.03. The number of hydrogen-bond donors (Lipinski definition) is 0. The Morgan fingerprint density at radius 1 is 1.88 bits per heavy atom. The van der Waals surface area contributed by atoms with E-state index in [-0.39, 0.29) is 0 Å². The Morgan fingerprint density at radius 2 is 2.38 bits per heavy atom. The molecule has 0 aliphatic heterocycles. The van der Waals surface area contributed by atoms with Gasteiger partial charge < -0.3 is 0 Å². The second-order valence-electron chi connectivity index (χ2n) is 1.83. The predicted octanol–water partition coefficient (Wildman–Crippen LogP) is 2.60. The van der Waals surface area contributed by atoms with Crippen LogP contribution in [0.4, 0.5) is 0 Å². The zero-order chi connectivity index (χ0) is 6.57. The highest BCUT2D eigenvalue weighted by atomic mass is 35.5. The van der Waals surface area contributed by atoms with Gasteiger partial charge >= 0.3 is 0 Å². The summed E-state index contributed by atoms with van der Waals surface area (Å²) in [5, 5.41) is 0. The molecule has 0 aromatic rings. The molecule has 0 fully saturated rings. The summed E-state index contributed by atoms with van der Waals surface area (Å²) < 4.78 is 0. The lowest BCUT2D eigenvalue weighted by Crippen LogP contribution is -1.95. The lowest BCUT2D eigenvalue weighted by molar-refractivity contribution is 0.805. The van der Waals surface area contributed by atoms with Crippen molar-refractivity contribution in [2.75, 3.05) is 5.88 Å². The van der Waals surface area contributed by atoms with Crippen LogP contribution in [0.2, 0.25) is 0 Å². The minimum absolute atomic E-state index is 0.370. The Bertz CT molecular complexity index is 94.6. The van der Waals surface area contributed by atoms with E-state index in [0.717, 1.165) is 5.57 Å². The fourth-order valence-electron chi connectivity index (χ4n) is 0.300. The summed E-state index contributed by atoms with van der Waals surface area (Å²) in [5.74, 6) is 0.999. The van der Waals surface area contributed by atoms with Crippen LogP contribution in [0.15, 0.2) is 24.8 Å². The van der Waals surface area contributed by atoms with E-state index >= 15 is 0 Å². The number of alkyl halides is 1. The molecule has 0 nitrogen and oxygen atoms in total. The van der Waals surface area contributed by atoms with Crippen LogP contribution < -0.4 is 0 Å². The Hall–Kier alpha value is -0.230. The first-order chi connectivity index (χ1) is 3.72. The van der Waals surface area contributed by atoms with Gasteiger partial charge in [-0.05, 0) is 5.92 Å². The third kappa shape index (κ3) is 2.17. The molecule has 1 atom stereocenters. The fraction of sp³-hybridized carbons (Fsp3) is 0.429. The third-order valence-corrected chi connectivity index (χ3v) is 1.59. The van der Waals surface area contributed by atoms with Crippen molar-refractivity contribution in [2.45, 2.75) is 6.92 Å². The summed E-state index contributed by atoms with van der Waals surface area (Å²) in [6.07, 6.45) is 1.74. The minimum atomic E-state index is 0.370. The van der Waals surface area contributed by atoms with E-state index in [0.29, 0.717) is 11.8 Å². The van der Waals surface area contributed by atoms with E-state index in [2.05, 4.69) is 13.2 Å². The van der Waals surface area contributed by atoms with Gasteiger partial charge in [0.15, 0.2) is 0 Å². The summed E-state index contributed by atoms with van der Waals surface area (Å²) in [6, 6.07) is 0. The lowest BCUT2D eigenvalue weighted by atomic mass is 10.1. The topological polar surface area (TPSA) is 0 Å². The summed E-state index contributed by atoms with van der Waals surface area (Å²) in [6.45, 7) is 9.34. The smallest absolute Gasteiger partial charge is 0.0289 e. The van der Waals surface area contributed by atoms with E-state index in [1.165, 1.54) is 0 Å². The van der Waals surface area contributed by atoms with Gasteiger partial charge in [-0.2, -0.15) is 0 Å². The average molecular weight is 131 g/mol. The first-order valence-corrected chi connectivity index (χ1v) is 3.13. The monoisotopic (exact) mass is 130 g/mol. The molecule has 0 spiro atoms. The molecule has 0 bridgehead atoms. The molecule has 0 aromatic carbocycles. The fourth-order valence-corrected chi connectivity index (χ4v) is 0.498. The largest absolute Gasteiger partial charge is 0.126 e. The highest BCUT2D eigenvalue weighted by Gasteiger charge is 1.98. The van der Waals surface area contributed by atoms with Gasteiger partial charge in [-0.3, -0.25) is 0 Å². The SMILES string of the molecule is C=CC(=C)C(C)CCl. The first kappa shape index (κ1) is 7.77. The van der Waals surface area contributed by atoms with Gasteiger partial charge in [-0.1, -0.05) is 31.7 Å². The van der Waals surface area contributed by atoms with Crippen LogP contribution in [0.3, 0.4) is 0 Å². The zero-order valence-electron chi connectivity index (χ0n) is 5.15. The quantitative estimate of drug-likeness (QED) is 0.407. The summed E-state index contributed by atoms with van der Waals surface area (Å²) in [4.78, 5) is 0. The first-order valence-electron chi connectivity index (χ1n) is 2.59. The van der Waals surface area contributed by atoms with E-state index in [1.807, 2.05) is 6.92 Å². The van der Waals surface area contributed by atoms with Crippen molar-refractivity contribution >= 4 is 11.6 Å². The van der Waals surface area contributed by atoms with E-state index < -0.39 is 0 Å². The molecule has 0 aliphatic carbocycles. The maximum atomic E-state index is 5.52. The van der Waals surface area contributed by atoms with Crippen LogP contribution in [-0.4, -0.2) is 5.88 Å². The third-order valence-electron chi connectivity index (χ3n) is 1.13.